The molecule has 1 saturated heterocycles. The maximum absolute atomic E-state index is 12.1. The van der Waals surface area contributed by atoms with E-state index < -0.39 is 0 Å². The number of rotatable bonds is 3. The molecule has 106 valence electrons. The van der Waals surface area contributed by atoms with Crippen LogP contribution in [0.3, 0.4) is 0 Å². The molecule has 1 aliphatic carbocycles. The van der Waals surface area contributed by atoms with E-state index in [1.165, 1.54) is 0 Å². The first-order chi connectivity index (χ1) is 9.54. The molecule has 0 spiro atoms. The number of nitrogens with zero attached hydrogens (tertiary/aromatic N) is 1. The minimum absolute atomic E-state index is 0.0252. The number of nitrogens with one attached hydrogen (secondary N) is 1. The molecule has 1 atom stereocenters. The smallest absolute Gasteiger partial charge is 0.227 e. The summed E-state index contributed by atoms with van der Waals surface area (Å²) in [5, 5.41) is 2.98. The van der Waals surface area contributed by atoms with Crippen molar-refractivity contribution < 1.29 is 9.59 Å². The van der Waals surface area contributed by atoms with Crippen molar-refractivity contribution in [2.75, 3.05) is 11.4 Å². The molecular weight excluding hydrogens is 320 g/mol. The molecule has 3 rings (SSSR count). The standard InChI is InChI=1S/C15H17BrN2O2/c1-9-6-12(4-5-13(9)16)18-8-10(7-14(18)19)15(20)17-11-2-3-11/h4-6,10-11H,2-3,7-8H2,1H3,(H,17,20)/t10-/m0/s1. The molecule has 20 heavy (non-hydrogen) atoms. The number of carbonyl (C=O) groups is 2. The van der Waals surface area contributed by atoms with Gasteiger partial charge in [-0.25, -0.2) is 0 Å². The van der Waals surface area contributed by atoms with E-state index >= 15 is 0 Å². The summed E-state index contributed by atoms with van der Waals surface area (Å²) in [7, 11) is 0. The van der Waals surface area contributed by atoms with Gasteiger partial charge in [0.1, 0.15) is 0 Å². The molecule has 0 radical (unpaired) electrons. The number of carbonyl (C=O) groups excluding carboxylic acids is 2. The molecule has 1 aromatic rings. The van der Waals surface area contributed by atoms with Gasteiger partial charge in [-0.1, -0.05) is 15.9 Å². The van der Waals surface area contributed by atoms with Crippen molar-refractivity contribution in [1.29, 1.82) is 0 Å². The zero-order chi connectivity index (χ0) is 14.3. The summed E-state index contributed by atoms with van der Waals surface area (Å²) in [5.41, 5.74) is 1.96. The number of hydrogen-bond acceptors (Lipinski definition) is 2. The number of hydrogen-bond donors (Lipinski definition) is 1. The van der Waals surface area contributed by atoms with Gasteiger partial charge in [0.15, 0.2) is 0 Å². The summed E-state index contributed by atoms with van der Waals surface area (Å²) in [5.74, 6) is -0.160. The van der Waals surface area contributed by atoms with Crippen LogP contribution in [0.2, 0.25) is 0 Å². The van der Waals surface area contributed by atoms with Crippen molar-refractivity contribution in [3.63, 3.8) is 0 Å². The van der Waals surface area contributed by atoms with Crippen LogP contribution in [-0.4, -0.2) is 24.4 Å². The van der Waals surface area contributed by atoms with Crippen LogP contribution in [0.15, 0.2) is 22.7 Å². The lowest BCUT2D eigenvalue weighted by Crippen LogP contribution is -2.34. The molecule has 1 heterocycles. The largest absolute Gasteiger partial charge is 0.353 e. The molecule has 4 nitrogen and oxygen atoms in total. The van der Waals surface area contributed by atoms with Crippen molar-refractivity contribution in [3.05, 3.63) is 28.2 Å². The fraction of sp³-hybridized carbons (Fsp3) is 0.467. The quantitative estimate of drug-likeness (QED) is 0.921. The molecule has 2 aliphatic rings. The normalized spacial score (nSPS) is 22.2. The summed E-state index contributed by atoms with van der Waals surface area (Å²) in [6.07, 6.45) is 2.46. The summed E-state index contributed by atoms with van der Waals surface area (Å²) in [6, 6.07) is 6.18. The predicted molar refractivity (Wildman–Crippen MR) is 80.5 cm³/mol. The van der Waals surface area contributed by atoms with Crippen molar-refractivity contribution in [2.24, 2.45) is 5.92 Å². The minimum Gasteiger partial charge on any atom is -0.353 e. The fourth-order valence-electron chi connectivity index (χ4n) is 2.48. The Morgan fingerprint density at radius 1 is 1.40 bits per heavy atom. The Labute approximate surface area is 126 Å². The Balaban J connectivity index is 1.72. The van der Waals surface area contributed by atoms with E-state index in [-0.39, 0.29) is 17.7 Å². The van der Waals surface area contributed by atoms with Crippen LogP contribution >= 0.6 is 15.9 Å². The van der Waals surface area contributed by atoms with E-state index in [9.17, 15) is 9.59 Å². The highest BCUT2D eigenvalue weighted by Gasteiger charge is 2.37. The van der Waals surface area contributed by atoms with Gasteiger partial charge in [0, 0.05) is 29.2 Å². The predicted octanol–water partition coefficient (Wildman–Crippen LogP) is 2.39. The summed E-state index contributed by atoms with van der Waals surface area (Å²) >= 11 is 3.45. The Morgan fingerprint density at radius 3 is 2.80 bits per heavy atom. The molecule has 1 N–H and O–H groups in total. The van der Waals surface area contributed by atoms with Gasteiger partial charge >= 0.3 is 0 Å². The molecule has 1 aliphatic heterocycles. The Kier molecular flexibility index (Phi) is 3.54. The van der Waals surface area contributed by atoms with E-state index in [2.05, 4.69) is 21.2 Å². The Hall–Kier alpha value is -1.36. The lowest BCUT2D eigenvalue weighted by molar-refractivity contribution is -0.126. The zero-order valence-corrected chi connectivity index (χ0v) is 12.9. The lowest BCUT2D eigenvalue weighted by atomic mass is 10.1. The Morgan fingerprint density at radius 2 is 2.15 bits per heavy atom. The second-order valence-corrected chi connectivity index (χ2v) is 6.48. The SMILES string of the molecule is Cc1cc(N2C[C@@H](C(=O)NC3CC3)CC2=O)ccc1Br. The third-order valence-corrected chi connectivity index (χ3v) is 4.76. The van der Waals surface area contributed by atoms with E-state index in [1.54, 1.807) is 4.90 Å². The van der Waals surface area contributed by atoms with Crippen LogP contribution in [-0.2, 0) is 9.59 Å². The molecule has 0 unspecified atom stereocenters. The zero-order valence-electron chi connectivity index (χ0n) is 11.4. The maximum atomic E-state index is 12.1. The second kappa shape index (κ2) is 5.20. The summed E-state index contributed by atoms with van der Waals surface area (Å²) in [4.78, 5) is 25.9. The molecule has 2 amide bonds. The number of amides is 2. The van der Waals surface area contributed by atoms with E-state index in [0.29, 0.717) is 19.0 Å². The first-order valence-electron chi connectivity index (χ1n) is 6.91. The van der Waals surface area contributed by atoms with Crippen LogP contribution in [0.4, 0.5) is 5.69 Å². The average Bonchev–Trinajstić information content (AvgIpc) is 3.13. The van der Waals surface area contributed by atoms with Crippen LogP contribution < -0.4 is 10.2 Å². The monoisotopic (exact) mass is 336 g/mol. The topological polar surface area (TPSA) is 49.4 Å². The molecule has 1 saturated carbocycles. The van der Waals surface area contributed by atoms with Crippen LogP contribution in [0, 0.1) is 12.8 Å². The van der Waals surface area contributed by atoms with Gasteiger partial charge in [-0.3, -0.25) is 9.59 Å². The third kappa shape index (κ3) is 2.73. The van der Waals surface area contributed by atoms with Gasteiger partial charge in [-0.2, -0.15) is 0 Å². The highest BCUT2D eigenvalue weighted by atomic mass is 79.9. The molecule has 2 fully saturated rings. The highest BCUT2D eigenvalue weighted by molar-refractivity contribution is 9.10. The third-order valence-electron chi connectivity index (χ3n) is 3.87. The van der Waals surface area contributed by atoms with Crippen molar-refractivity contribution in [1.82, 2.24) is 5.32 Å². The van der Waals surface area contributed by atoms with Gasteiger partial charge in [0.2, 0.25) is 11.8 Å². The number of benzene rings is 1. The van der Waals surface area contributed by atoms with E-state index in [4.69, 9.17) is 0 Å². The molecular formula is C15H17BrN2O2. The Bertz CT molecular complexity index is 569. The fourth-order valence-corrected chi connectivity index (χ4v) is 2.72. The van der Waals surface area contributed by atoms with Gasteiger partial charge in [-0.15, -0.1) is 0 Å². The van der Waals surface area contributed by atoms with Crippen LogP contribution in [0.25, 0.3) is 0 Å². The van der Waals surface area contributed by atoms with Crippen molar-refractivity contribution in [3.8, 4) is 0 Å². The van der Waals surface area contributed by atoms with Crippen molar-refractivity contribution >= 4 is 33.4 Å². The van der Waals surface area contributed by atoms with E-state index in [1.807, 2.05) is 25.1 Å². The van der Waals surface area contributed by atoms with Gasteiger partial charge in [-0.05, 0) is 43.5 Å². The number of aryl methyl sites for hydroxylation is 1. The number of anilines is 1. The van der Waals surface area contributed by atoms with Gasteiger partial charge < -0.3 is 10.2 Å². The second-order valence-electron chi connectivity index (χ2n) is 5.62. The number of halogens is 1. The minimum atomic E-state index is -0.216. The summed E-state index contributed by atoms with van der Waals surface area (Å²) < 4.78 is 1.02. The van der Waals surface area contributed by atoms with E-state index in [0.717, 1.165) is 28.6 Å². The average molecular weight is 337 g/mol. The lowest BCUT2D eigenvalue weighted by Gasteiger charge is -2.17. The first-order valence-corrected chi connectivity index (χ1v) is 7.71. The summed E-state index contributed by atoms with van der Waals surface area (Å²) in [6.45, 7) is 2.48. The van der Waals surface area contributed by atoms with Crippen LogP contribution in [0.1, 0.15) is 24.8 Å². The molecule has 0 aromatic heterocycles. The van der Waals surface area contributed by atoms with Crippen LogP contribution in [0.5, 0.6) is 0 Å². The van der Waals surface area contributed by atoms with Gasteiger partial charge in [0.25, 0.3) is 0 Å². The maximum Gasteiger partial charge on any atom is 0.227 e. The molecule has 0 bridgehead atoms. The van der Waals surface area contributed by atoms with Gasteiger partial charge in [0.05, 0.1) is 5.92 Å². The molecule has 5 heteroatoms. The molecule has 1 aromatic carbocycles. The first kappa shape index (κ1) is 13.6. The highest BCUT2D eigenvalue weighted by Crippen LogP contribution is 2.29. The van der Waals surface area contributed by atoms with Crippen molar-refractivity contribution in [2.45, 2.75) is 32.2 Å².